The highest BCUT2D eigenvalue weighted by molar-refractivity contribution is 9.10. The number of aryl methyl sites for hydroxylation is 1. The second-order valence-corrected chi connectivity index (χ2v) is 7.84. The Labute approximate surface area is 175 Å². The molecule has 148 valence electrons. The smallest absolute Gasteiger partial charge is 0.311 e. The van der Waals surface area contributed by atoms with E-state index in [2.05, 4.69) is 20.9 Å². The largest absolute Gasteiger partial charge is 0.459 e. The predicted octanol–water partition coefficient (Wildman–Crippen LogP) is 2.86. The summed E-state index contributed by atoms with van der Waals surface area (Å²) < 4.78 is 7.60. The van der Waals surface area contributed by atoms with Crippen LogP contribution < -0.4 is 10.5 Å². The molecular formula is C21H18BrN3O4. The van der Waals surface area contributed by atoms with Gasteiger partial charge in [-0.3, -0.25) is 18.8 Å². The van der Waals surface area contributed by atoms with E-state index in [1.54, 1.807) is 17.2 Å². The van der Waals surface area contributed by atoms with Gasteiger partial charge in [0.25, 0.3) is 5.56 Å². The number of hydrogen-bond acceptors (Lipinski definition) is 5. The molecule has 3 aromatic rings. The molecule has 1 fully saturated rings. The lowest BCUT2D eigenvalue weighted by atomic mass is 10.1. The lowest BCUT2D eigenvalue weighted by molar-refractivity contribution is -0.149. The predicted molar refractivity (Wildman–Crippen MR) is 111 cm³/mol. The molecule has 2 aromatic heterocycles. The van der Waals surface area contributed by atoms with Crippen molar-refractivity contribution in [3.8, 4) is 0 Å². The van der Waals surface area contributed by atoms with Gasteiger partial charge in [-0.05, 0) is 46.6 Å². The van der Waals surface area contributed by atoms with Crippen molar-refractivity contribution in [2.24, 2.45) is 5.92 Å². The van der Waals surface area contributed by atoms with Crippen LogP contribution in [-0.4, -0.2) is 27.8 Å². The Morgan fingerprint density at radius 2 is 2.03 bits per heavy atom. The van der Waals surface area contributed by atoms with E-state index in [0.717, 1.165) is 15.7 Å². The highest BCUT2D eigenvalue weighted by Gasteiger charge is 2.36. The molecule has 3 heterocycles. The molecular weight excluding hydrogens is 438 g/mol. The molecule has 0 spiro atoms. The van der Waals surface area contributed by atoms with Crippen LogP contribution in [0.15, 0.2) is 57.9 Å². The third kappa shape index (κ3) is 3.93. The van der Waals surface area contributed by atoms with E-state index >= 15 is 0 Å². The van der Waals surface area contributed by atoms with Crippen molar-refractivity contribution in [3.05, 3.63) is 74.7 Å². The van der Waals surface area contributed by atoms with Crippen molar-refractivity contribution < 1.29 is 14.3 Å². The zero-order valence-corrected chi connectivity index (χ0v) is 17.3. The topological polar surface area (TPSA) is 81.0 Å². The molecule has 0 aliphatic carbocycles. The monoisotopic (exact) mass is 455 g/mol. The Kier molecular flexibility index (Phi) is 5.19. The fraction of sp³-hybridized carbons (Fsp3) is 0.238. The minimum absolute atomic E-state index is 0.0905. The van der Waals surface area contributed by atoms with E-state index in [9.17, 15) is 14.4 Å². The number of halogens is 1. The first kappa shape index (κ1) is 19.3. The van der Waals surface area contributed by atoms with Gasteiger partial charge < -0.3 is 9.64 Å². The summed E-state index contributed by atoms with van der Waals surface area (Å²) in [6.45, 7) is 2.03. The van der Waals surface area contributed by atoms with Gasteiger partial charge in [0.1, 0.15) is 12.3 Å². The molecule has 8 heteroatoms. The summed E-state index contributed by atoms with van der Waals surface area (Å²) in [5.74, 6) is -1.16. The Hall–Kier alpha value is -3.00. The van der Waals surface area contributed by atoms with Gasteiger partial charge >= 0.3 is 5.97 Å². The molecule has 0 N–H and O–H groups in total. The van der Waals surface area contributed by atoms with Gasteiger partial charge in [-0.2, -0.15) is 0 Å². The average molecular weight is 456 g/mol. The summed E-state index contributed by atoms with van der Waals surface area (Å²) in [5, 5.41) is 0. The van der Waals surface area contributed by atoms with Crippen molar-refractivity contribution >= 4 is 39.1 Å². The van der Waals surface area contributed by atoms with Gasteiger partial charge in [0.2, 0.25) is 5.91 Å². The Bertz CT molecular complexity index is 1170. The van der Waals surface area contributed by atoms with E-state index in [1.165, 1.54) is 10.5 Å². The minimum Gasteiger partial charge on any atom is -0.459 e. The lowest BCUT2D eigenvalue weighted by Gasteiger charge is -2.18. The van der Waals surface area contributed by atoms with E-state index in [0.29, 0.717) is 11.3 Å². The number of ether oxygens (including phenoxy) is 1. The van der Waals surface area contributed by atoms with Crippen LogP contribution in [0.1, 0.15) is 17.7 Å². The first-order valence-electron chi connectivity index (χ1n) is 9.13. The number of amides is 1. The van der Waals surface area contributed by atoms with Gasteiger partial charge in [-0.1, -0.05) is 18.2 Å². The zero-order valence-electron chi connectivity index (χ0n) is 15.7. The first-order chi connectivity index (χ1) is 13.9. The molecule has 1 aromatic carbocycles. The van der Waals surface area contributed by atoms with Crippen molar-refractivity contribution in [1.82, 2.24) is 9.38 Å². The van der Waals surface area contributed by atoms with Crippen LogP contribution in [-0.2, 0) is 20.9 Å². The maximum Gasteiger partial charge on any atom is 0.311 e. The zero-order chi connectivity index (χ0) is 20.5. The molecule has 0 radical (unpaired) electrons. The number of hydrogen-bond donors (Lipinski definition) is 0. The Morgan fingerprint density at radius 1 is 1.24 bits per heavy atom. The number of anilines is 1. The molecule has 7 nitrogen and oxygen atoms in total. The number of pyridine rings is 1. The van der Waals surface area contributed by atoms with Crippen LogP contribution in [0, 0.1) is 12.8 Å². The van der Waals surface area contributed by atoms with E-state index < -0.39 is 11.9 Å². The number of fused-ring (bicyclic) bond motifs is 1. The van der Waals surface area contributed by atoms with Crippen LogP contribution in [0.25, 0.3) is 5.65 Å². The van der Waals surface area contributed by atoms with Gasteiger partial charge in [0, 0.05) is 29.7 Å². The van der Waals surface area contributed by atoms with Crippen molar-refractivity contribution in [2.75, 3.05) is 11.4 Å². The fourth-order valence-electron chi connectivity index (χ4n) is 3.36. The summed E-state index contributed by atoms with van der Waals surface area (Å²) in [6, 6.07) is 12.3. The van der Waals surface area contributed by atoms with E-state index in [-0.39, 0.29) is 31.0 Å². The summed E-state index contributed by atoms with van der Waals surface area (Å²) in [7, 11) is 0. The maximum absolute atomic E-state index is 12.5. The van der Waals surface area contributed by atoms with E-state index in [1.807, 2.05) is 37.3 Å². The van der Waals surface area contributed by atoms with Gasteiger partial charge in [0.15, 0.2) is 0 Å². The quantitative estimate of drug-likeness (QED) is 0.565. The molecule has 0 bridgehead atoms. The molecule has 29 heavy (non-hydrogen) atoms. The third-order valence-electron chi connectivity index (χ3n) is 4.82. The number of nitrogens with zero attached hydrogens (tertiary/aromatic N) is 3. The van der Waals surface area contributed by atoms with Crippen LogP contribution in [0.4, 0.5) is 5.69 Å². The van der Waals surface area contributed by atoms with Crippen molar-refractivity contribution in [2.45, 2.75) is 20.0 Å². The highest BCUT2D eigenvalue weighted by atomic mass is 79.9. The number of carbonyl (C=O) groups excluding carboxylic acids is 2. The van der Waals surface area contributed by atoms with Crippen LogP contribution in [0.2, 0.25) is 0 Å². The normalized spacial score (nSPS) is 16.4. The van der Waals surface area contributed by atoms with Gasteiger partial charge in [-0.25, -0.2) is 4.98 Å². The minimum atomic E-state index is -0.557. The average Bonchev–Trinajstić information content (AvgIpc) is 3.08. The maximum atomic E-state index is 12.5. The summed E-state index contributed by atoms with van der Waals surface area (Å²) in [4.78, 5) is 43.1. The number of esters is 1. The number of carbonyl (C=O) groups is 2. The van der Waals surface area contributed by atoms with E-state index in [4.69, 9.17) is 4.74 Å². The van der Waals surface area contributed by atoms with Gasteiger partial charge in [0.05, 0.1) is 17.3 Å². The van der Waals surface area contributed by atoms with Crippen molar-refractivity contribution in [3.63, 3.8) is 0 Å². The molecule has 1 saturated heterocycles. The standard InChI is InChI=1S/C21H18BrN3O4/c1-13-6-7-18-23-15(9-20(27)25(18)10-13)12-29-21(28)14-8-19(26)24(11-14)17-5-3-2-4-16(17)22/h2-7,9-10,14H,8,11-12H2,1H3. The van der Waals surface area contributed by atoms with Gasteiger partial charge in [-0.15, -0.1) is 0 Å². The second kappa shape index (κ2) is 7.79. The Morgan fingerprint density at radius 3 is 2.83 bits per heavy atom. The van der Waals surface area contributed by atoms with Crippen LogP contribution >= 0.6 is 15.9 Å². The SMILES string of the molecule is Cc1ccc2nc(COC(=O)C3CC(=O)N(c4ccccc4Br)C3)cc(=O)n2c1. The lowest BCUT2D eigenvalue weighted by Crippen LogP contribution is -2.26. The fourth-order valence-corrected chi connectivity index (χ4v) is 3.86. The molecule has 1 unspecified atom stereocenters. The Balaban J connectivity index is 1.45. The number of para-hydroxylation sites is 1. The molecule has 0 saturated carbocycles. The summed E-state index contributed by atoms with van der Waals surface area (Å²) >= 11 is 3.43. The van der Waals surface area contributed by atoms with Crippen molar-refractivity contribution in [1.29, 1.82) is 0 Å². The highest BCUT2D eigenvalue weighted by Crippen LogP contribution is 2.31. The number of aromatic nitrogens is 2. The van der Waals surface area contributed by atoms with Crippen LogP contribution in [0.3, 0.4) is 0 Å². The summed E-state index contributed by atoms with van der Waals surface area (Å²) in [6.07, 6.45) is 1.80. The third-order valence-corrected chi connectivity index (χ3v) is 5.50. The molecule has 1 atom stereocenters. The number of benzene rings is 1. The molecule has 1 amide bonds. The molecule has 1 aliphatic heterocycles. The number of rotatable bonds is 4. The summed E-state index contributed by atoms with van der Waals surface area (Å²) in [5.41, 5.74) is 2.30. The molecule has 4 rings (SSSR count). The first-order valence-corrected chi connectivity index (χ1v) is 9.92. The second-order valence-electron chi connectivity index (χ2n) is 6.98. The molecule has 1 aliphatic rings. The van der Waals surface area contributed by atoms with Crippen LogP contribution in [0.5, 0.6) is 0 Å².